The highest BCUT2D eigenvalue weighted by Crippen LogP contribution is 2.05. The van der Waals surface area contributed by atoms with Gasteiger partial charge in [-0.25, -0.2) is 0 Å². The van der Waals surface area contributed by atoms with Gasteiger partial charge in [-0.15, -0.1) is 0 Å². The summed E-state index contributed by atoms with van der Waals surface area (Å²) >= 11 is 0. The van der Waals surface area contributed by atoms with Crippen LogP contribution in [-0.4, -0.2) is 18.9 Å². The topological polar surface area (TPSA) is 43.4 Å². The standard InChI is InChI=1S/C13H16O3/c1-16-13(15)10-9-12(14)8-7-11-5-3-2-4-6-11/h2-6H,7-10H2,1H3. The molecule has 1 aromatic carbocycles. The SMILES string of the molecule is COC(=O)CCC(=O)CCc1ccccc1. The maximum absolute atomic E-state index is 11.4. The highest BCUT2D eigenvalue weighted by molar-refractivity contribution is 5.83. The Hall–Kier alpha value is -1.64. The molecular weight excluding hydrogens is 204 g/mol. The number of ether oxygens (including phenoxy) is 1. The van der Waals surface area contributed by atoms with E-state index in [0.717, 1.165) is 12.0 Å². The van der Waals surface area contributed by atoms with E-state index in [-0.39, 0.29) is 24.6 Å². The first-order chi connectivity index (χ1) is 7.72. The van der Waals surface area contributed by atoms with Crippen LogP contribution < -0.4 is 0 Å². The molecule has 0 radical (unpaired) electrons. The van der Waals surface area contributed by atoms with Crippen molar-refractivity contribution in [3.8, 4) is 0 Å². The summed E-state index contributed by atoms with van der Waals surface area (Å²) in [7, 11) is 1.33. The summed E-state index contributed by atoms with van der Waals surface area (Å²) < 4.78 is 4.47. The van der Waals surface area contributed by atoms with Gasteiger partial charge < -0.3 is 4.74 Å². The summed E-state index contributed by atoms with van der Waals surface area (Å²) in [6.07, 6.45) is 1.69. The van der Waals surface area contributed by atoms with E-state index in [9.17, 15) is 9.59 Å². The van der Waals surface area contributed by atoms with E-state index in [2.05, 4.69) is 4.74 Å². The van der Waals surface area contributed by atoms with Crippen molar-refractivity contribution in [2.24, 2.45) is 0 Å². The normalized spacial score (nSPS) is 9.81. The van der Waals surface area contributed by atoms with Crippen molar-refractivity contribution in [2.75, 3.05) is 7.11 Å². The second-order valence-electron chi connectivity index (χ2n) is 3.60. The Morgan fingerprint density at radius 2 is 1.75 bits per heavy atom. The van der Waals surface area contributed by atoms with Gasteiger partial charge in [-0.2, -0.15) is 0 Å². The molecule has 0 fully saturated rings. The molecule has 0 bridgehead atoms. The zero-order valence-electron chi connectivity index (χ0n) is 9.44. The summed E-state index contributed by atoms with van der Waals surface area (Å²) in [6.45, 7) is 0. The van der Waals surface area contributed by atoms with Gasteiger partial charge in [0.1, 0.15) is 5.78 Å². The fourth-order valence-electron chi connectivity index (χ4n) is 1.40. The zero-order valence-corrected chi connectivity index (χ0v) is 9.44. The van der Waals surface area contributed by atoms with Crippen molar-refractivity contribution in [2.45, 2.75) is 25.7 Å². The van der Waals surface area contributed by atoms with Crippen LogP contribution in [0.4, 0.5) is 0 Å². The Balaban J connectivity index is 2.23. The number of carbonyl (C=O) groups is 2. The quantitative estimate of drug-likeness (QED) is 0.690. The molecule has 1 rings (SSSR count). The van der Waals surface area contributed by atoms with Gasteiger partial charge in [0.15, 0.2) is 0 Å². The van der Waals surface area contributed by atoms with E-state index < -0.39 is 0 Å². The Morgan fingerprint density at radius 3 is 2.38 bits per heavy atom. The van der Waals surface area contributed by atoms with Crippen LogP contribution in [0.3, 0.4) is 0 Å². The molecule has 3 heteroatoms. The molecule has 0 spiro atoms. The third-order valence-corrected chi connectivity index (χ3v) is 2.37. The van der Waals surface area contributed by atoms with E-state index in [1.807, 2.05) is 30.3 Å². The maximum atomic E-state index is 11.4. The van der Waals surface area contributed by atoms with E-state index >= 15 is 0 Å². The predicted octanol–water partition coefficient (Wildman–Crippen LogP) is 2.14. The van der Waals surface area contributed by atoms with Crippen molar-refractivity contribution in [3.63, 3.8) is 0 Å². The number of hydrogen-bond donors (Lipinski definition) is 0. The first kappa shape index (κ1) is 12.4. The fraction of sp³-hybridized carbons (Fsp3) is 0.385. The molecule has 1 aromatic rings. The van der Waals surface area contributed by atoms with Crippen LogP contribution in [0, 0.1) is 0 Å². The number of Topliss-reactive ketones (excluding diaryl/α,β-unsaturated/α-hetero) is 1. The molecule has 0 aliphatic rings. The third-order valence-electron chi connectivity index (χ3n) is 2.37. The predicted molar refractivity (Wildman–Crippen MR) is 61.0 cm³/mol. The first-order valence-corrected chi connectivity index (χ1v) is 5.35. The number of hydrogen-bond acceptors (Lipinski definition) is 3. The number of carbonyl (C=O) groups excluding carboxylic acids is 2. The largest absolute Gasteiger partial charge is 0.469 e. The lowest BCUT2D eigenvalue weighted by Crippen LogP contribution is -2.06. The Morgan fingerprint density at radius 1 is 1.06 bits per heavy atom. The summed E-state index contributed by atoms with van der Waals surface area (Å²) in [5.74, 6) is -0.220. The second-order valence-corrected chi connectivity index (χ2v) is 3.60. The van der Waals surface area contributed by atoms with Crippen LogP contribution in [0.2, 0.25) is 0 Å². The molecule has 0 saturated heterocycles. The first-order valence-electron chi connectivity index (χ1n) is 5.35. The molecule has 3 nitrogen and oxygen atoms in total. The molecule has 0 N–H and O–H groups in total. The number of benzene rings is 1. The van der Waals surface area contributed by atoms with Gasteiger partial charge in [0, 0.05) is 12.8 Å². The number of rotatable bonds is 6. The second kappa shape index (κ2) is 6.77. The summed E-state index contributed by atoms with van der Waals surface area (Å²) in [6, 6.07) is 9.84. The molecule has 0 amide bonds. The molecular formula is C13H16O3. The van der Waals surface area contributed by atoms with Gasteiger partial charge in [-0.3, -0.25) is 9.59 Å². The van der Waals surface area contributed by atoms with E-state index in [0.29, 0.717) is 6.42 Å². The smallest absolute Gasteiger partial charge is 0.305 e. The van der Waals surface area contributed by atoms with E-state index in [4.69, 9.17) is 0 Å². The van der Waals surface area contributed by atoms with Crippen LogP contribution in [0.25, 0.3) is 0 Å². The van der Waals surface area contributed by atoms with Crippen molar-refractivity contribution in [1.82, 2.24) is 0 Å². The lowest BCUT2D eigenvalue weighted by atomic mass is 10.1. The van der Waals surface area contributed by atoms with Crippen LogP contribution in [-0.2, 0) is 20.7 Å². The average molecular weight is 220 g/mol. The number of esters is 1. The summed E-state index contributed by atoms with van der Waals surface area (Å²) in [5, 5.41) is 0. The van der Waals surface area contributed by atoms with Gasteiger partial charge in [0.25, 0.3) is 0 Å². The van der Waals surface area contributed by atoms with Gasteiger partial charge in [0.2, 0.25) is 0 Å². The molecule has 0 aliphatic carbocycles. The molecule has 0 atom stereocenters. The van der Waals surface area contributed by atoms with Crippen LogP contribution >= 0.6 is 0 Å². The van der Waals surface area contributed by atoms with Crippen molar-refractivity contribution >= 4 is 11.8 Å². The minimum Gasteiger partial charge on any atom is -0.469 e. The Kier molecular flexibility index (Phi) is 5.26. The molecule has 0 aliphatic heterocycles. The number of methoxy groups -OCH3 is 1. The number of aryl methyl sites for hydroxylation is 1. The van der Waals surface area contributed by atoms with Crippen LogP contribution in [0.15, 0.2) is 30.3 Å². The van der Waals surface area contributed by atoms with Crippen LogP contribution in [0.5, 0.6) is 0 Å². The van der Waals surface area contributed by atoms with Gasteiger partial charge in [-0.05, 0) is 12.0 Å². The molecule has 0 unspecified atom stereocenters. The van der Waals surface area contributed by atoms with Gasteiger partial charge >= 0.3 is 5.97 Å². The summed E-state index contributed by atoms with van der Waals surface area (Å²) in [4.78, 5) is 22.2. The number of ketones is 1. The molecule has 0 aromatic heterocycles. The minimum atomic E-state index is -0.326. The fourth-order valence-corrected chi connectivity index (χ4v) is 1.40. The van der Waals surface area contributed by atoms with Crippen molar-refractivity contribution in [3.05, 3.63) is 35.9 Å². The van der Waals surface area contributed by atoms with Crippen molar-refractivity contribution < 1.29 is 14.3 Å². The molecule has 0 heterocycles. The van der Waals surface area contributed by atoms with Gasteiger partial charge in [-0.1, -0.05) is 30.3 Å². The van der Waals surface area contributed by atoms with Gasteiger partial charge in [0.05, 0.1) is 13.5 Å². The zero-order chi connectivity index (χ0) is 11.8. The maximum Gasteiger partial charge on any atom is 0.305 e. The molecule has 16 heavy (non-hydrogen) atoms. The van der Waals surface area contributed by atoms with Crippen molar-refractivity contribution in [1.29, 1.82) is 0 Å². The lowest BCUT2D eigenvalue weighted by molar-refractivity contribution is -0.141. The highest BCUT2D eigenvalue weighted by atomic mass is 16.5. The summed E-state index contributed by atoms with van der Waals surface area (Å²) in [5.41, 5.74) is 1.15. The Labute approximate surface area is 95.4 Å². The lowest BCUT2D eigenvalue weighted by Gasteiger charge is -2.01. The minimum absolute atomic E-state index is 0.106. The van der Waals surface area contributed by atoms with Crippen LogP contribution in [0.1, 0.15) is 24.8 Å². The third kappa shape index (κ3) is 4.73. The molecule has 86 valence electrons. The monoisotopic (exact) mass is 220 g/mol. The molecule has 0 saturated carbocycles. The van der Waals surface area contributed by atoms with E-state index in [1.54, 1.807) is 0 Å². The average Bonchev–Trinajstić information content (AvgIpc) is 2.34. The Bertz CT molecular complexity index is 343. The van der Waals surface area contributed by atoms with E-state index in [1.165, 1.54) is 7.11 Å². The highest BCUT2D eigenvalue weighted by Gasteiger charge is 2.06.